The van der Waals surface area contributed by atoms with Gasteiger partial charge in [0.15, 0.2) is 0 Å². The Labute approximate surface area is 104 Å². The molecule has 0 radical (unpaired) electrons. The quantitative estimate of drug-likeness (QED) is 0.802. The average Bonchev–Trinajstić information content (AvgIpc) is 2.38. The third-order valence-corrected chi connectivity index (χ3v) is 4.42. The first-order chi connectivity index (χ1) is 8.34. The van der Waals surface area contributed by atoms with Crippen LogP contribution in [0, 0.1) is 5.92 Å². The van der Waals surface area contributed by atoms with Gasteiger partial charge in [0.1, 0.15) is 0 Å². The fourth-order valence-corrected chi connectivity index (χ4v) is 3.49. The zero-order valence-corrected chi connectivity index (χ0v) is 10.7. The van der Waals surface area contributed by atoms with E-state index in [1.165, 1.54) is 49.9 Å². The molecule has 3 rings (SSSR count). The molecule has 92 valence electrons. The van der Waals surface area contributed by atoms with Crippen LogP contribution in [0.15, 0.2) is 18.3 Å². The third kappa shape index (κ3) is 2.23. The Morgan fingerprint density at radius 3 is 3.18 bits per heavy atom. The number of fused-ring (bicyclic) bond motifs is 1. The Morgan fingerprint density at radius 1 is 1.35 bits per heavy atom. The van der Waals surface area contributed by atoms with Gasteiger partial charge in [-0.15, -0.1) is 0 Å². The van der Waals surface area contributed by atoms with Crippen LogP contribution in [0.5, 0.6) is 0 Å². The van der Waals surface area contributed by atoms with Gasteiger partial charge in [0, 0.05) is 23.9 Å². The molecule has 2 aliphatic rings. The molecule has 2 heteroatoms. The Bertz CT molecular complexity index is 388. The lowest BCUT2D eigenvalue weighted by atomic mass is 9.77. The first kappa shape index (κ1) is 11.2. The highest BCUT2D eigenvalue weighted by molar-refractivity contribution is 5.27. The van der Waals surface area contributed by atoms with E-state index in [1.54, 1.807) is 0 Å². The van der Waals surface area contributed by atoms with Gasteiger partial charge in [-0.25, -0.2) is 0 Å². The van der Waals surface area contributed by atoms with Crippen molar-refractivity contribution < 1.29 is 0 Å². The molecular formula is C15H22N2. The third-order valence-electron chi connectivity index (χ3n) is 4.42. The van der Waals surface area contributed by atoms with Crippen LogP contribution in [0.4, 0.5) is 0 Å². The van der Waals surface area contributed by atoms with E-state index in [9.17, 15) is 0 Å². The van der Waals surface area contributed by atoms with Crippen molar-refractivity contribution in [3.63, 3.8) is 0 Å². The van der Waals surface area contributed by atoms with Crippen molar-refractivity contribution >= 4 is 0 Å². The van der Waals surface area contributed by atoms with Gasteiger partial charge >= 0.3 is 0 Å². The van der Waals surface area contributed by atoms with Crippen LogP contribution < -0.4 is 5.32 Å². The van der Waals surface area contributed by atoms with Gasteiger partial charge in [-0.3, -0.25) is 4.98 Å². The fraction of sp³-hybridized carbons (Fsp3) is 0.667. The van der Waals surface area contributed by atoms with Gasteiger partial charge in [0.2, 0.25) is 0 Å². The standard InChI is InChI=1S/C15H22N2/c1-11-7-9-16-14(10-11)13-6-2-4-12-5-3-8-17-15(12)13/h3,5,8,11,13-14,16H,2,4,6-7,9-10H2,1H3. The van der Waals surface area contributed by atoms with Crippen molar-refractivity contribution in [2.24, 2.45) is 5.92 Å². The zero-order valence-electron chi connectivity index (χ0n) is 10.7. The molecule has 3 atom stereocenters. The van der Waals surface area contributed by atoms with Crippen molar-refractivity contribution in [2.45, 2.75) is 51.0 Å². The number of aryl methyl sites for hydroxylation is 1. The van der Waals surface area contributed by atoms with E-state index in [2.05, 4.69) is 29.4 Å². The summed E-state index contributed by atoms with van der Waals surface area (Å²) in [4.78, 5) is 4.66. The van der Waals surface area contributed by atoms with E-state index in [0.29, 0.717) is 12.0 Å². The van der Waals surface area contributed by atoms with Crippen LogP contribution in [0.25, 0.3) is 0 Å². The maximum Gasteiger partial charge on any atom is 0.0481 e. The van der Waals surface area contributed by atoms with E-state index in [0.717, 1.165) is 5.92 Å². The molecule has 0 aromatic carbocycles. The molecule has 17 heavy (non-hydrogen) atoms. The van der Waals surface area contributed by atoms with E-state index in [-0.39, 0.29) is 0 Å². The molecule has 0 saturated carbocycles. The van der Waals surface area contributed by atoms with E-state index in [1.807, 2.05) is 6.20 Å². The van der Waals surface area contributed by atoms with Crippen molar-refractivity contribution in [2.75, 3.05) is 6.54 Å². The fourth-order valence-electron chi connectivity index (χ4n) is 3.49. The molecule has 0 spiro atoms. The van der Waals surface area contributed by atoms with Gasteiger partial charge in [0.05, 0.1) is 0 Å². The van der Waals surface area contributed by atoms with Crippen LogP contribution in [-0.4, -0.2) is 17.6 Å². The Morgan fingerprint density at radius 2 is 2.29 bits per heavy atom. The van der Waals surface area contributed by atoms with E-state index >= 15 is 0 Å². The predicted molar refractivity (Wildman–Crippen MR) is 70.1 cm³/mol. The van der Waals surface area contributed by atoms with Crippen molar-refractivity contribution in [3.05, 3.63) is 29.6 Å². The van der Waals surface area contributed by atoms with Gasteiger partial charge in [-0.2, -0.15) is 0 Å². The van der Waals surface area contributed by atoms with E-state index < -0.39 is 0 Å². The second-order valence-electron chi connectivity index (χ2n) is 5.74. The maximum atomic E-state index is 4.66. The summed E-state index contributed by atoms with van der Waals surface area (Å²) in [6.45, 7) is 3.57. The number of nitrogens with zero attached hydrogens (tertiary/aromatic N) is 1. The summed E-state index contributed by atoms with van der Waals surface area (Å²) in [7, 11) is 0. The van der Waals surface area contributed by atoms with Crippen LogP contribution in [-0.2, 0) is 6.42 Å². The molecule has 3 unspecified atom stereocenters. The second kappa shape index (κ2) is 4.77. The molecule has 1 aromatic rings. The highest BCUT2D eigenvalue weighted by Gasteiger charge is 2.31. The first-order valence-corrected chi connectivity index (χ1v) is 7.02. The van der Waals surface area contributed by atoms with Crippen LogP contribution >= 0.6 is 0 Å². The summed E-state index contributed by atoms with van der Waals surface area (Å²) in [5.41, 5.74) is 2.87. The zero-order chi connectivity index (χ0) is 11.7. The Balaban J connectivity index is 1.84. The molecule has 1 aliphatic heterocycles. The highest BCUT2D eigenvalue weighted by Crippen LogP contribution is 2.35. The first-order valence-electron chi connectivity index (χ1n) is 7.02. The molecule has 0 amide bonds. The van der Waals surface area contributed by atoms with Gasteiger partial charge in [-0.05, 0) is 56.2 Å². The molecule has 1 aromatic heterocycles. The minimum atomic E-state index is 0.655. The smallest absolute Gasteiger partial charge is 0.0481 e. The molecule has 1 aliphatic carbocycles. The van der Waals surface area contributed by atoms with Crippen molar-refractivity contribution in [1.29, 1.82) is 0 Å². The summed E-state index contributed by atoms with van der Waals surface area (Å²) < 4.78 is 0. The number of rotatable bonds is 1. The second-order valence-corrected chi connectivity index (χ2v) is 5.74. The number of hydrogen-bond acceptors (Lipinski definition) is 2. The summed E-state index contributed by atoms with van der Waals surface area (Å²) >= 11 is 0. The van der Waals surface area contributed by atoms with E-state index in [4.69, 9.17) is 0 Å². The summed E-state index contributed by atoms with van der Waals surface area (Å²) in [5, 5.41) is 3.72. The lowest BCUT2D eigenvalue weighted by molar-refractivity contribution is 0.269. The van der Waals surface area contributed by atoms with Gasteiger partial charge in [-0.1, -0.05) is 13.0 Å². The van der Waals surface area contributed by atoms with Gasteiger partial charge in [0.25, 0.3) is 0 Å². The Kier molecular flexibility index (Phi) is 3.15. The summed E-state index contributed by atoms with van der Waals surface area (Å²) in [5.74, 6) is 1.53. The minimum Gasteiger partial charge on any atom is -0.313 e. The summed E-state index contributed by atoms with van der Waals surface area (Å²) in [6.07, 6.45) is 8.48. The average molecular weight is 230 g/mol. The molecule has 1 saturated heterocycles. The summed E-state index contributed by atoms with van der Waals surface area (Å²) in [6, 6.07) is 5.01. The Hall–Kier alpha value is -0.890. The number of aromatic nitrogens is 1. The van der Waals surface area contributed by atoms with Gasteiger partial charge < -0.3 is 5.32 Å². The number of piperidine rings is 1. The normalized spacial score (nSPS) is 33.1. The molecule has 1 N–H and O–H groups in total. The minimum absolute atomic E-state index is 0.655. The van der Waals surface area contributed by atoms with Crippen LogP contribution in [0.1, 0.15) is 49.8 Å². The molecular weight excluding hydrogens is 208 g/mol. The molecule has 2 heterocycles. The lowest BCUT2D eigenvalue weighted by Crippen LogP contribution is -2.42. The number of nitrogens with one attached hydrogen (secondary N) is 1. The van der Waals surface area contributed by atoms with Crippen LogP contribution in [0.3, 0.4) is 0 Å². The van der Waals surface area contributed by atoms with Crippen LogP contribution in [0.2, 0.25) is 0 Å². The monoisotopic (exact) mass is 230 g/mol. The highest BCUT2D eigenvalue weighted by atomic mass is 14.9. The van der Waals surface area contributed by atoms with Crippen molar-refractivity contribution in [1.82, 2.24) is 10.3 Å². The predicted octanol–water partition coefficient (Wildman–Crippen LogP) is 2.89. The maximum absolute atomic E-state index is 4.66. The molecule has 1 fully saturated rings. The topological polar surface area (TPSA) is 24.9 Å². The largest absolute Gasteiger partial charge is 0.313 e. The molecule has 2 nitrogen and oxygen atoms in total. The number of hydrogen-bond donors (Lipinski definition) is 1. The SMILES string of the molecule is CC1CCNC(C2CCCc3cccnc32)C1. The van der Waals surface area contributed by atoms with Crippen molar-refractivity contribution in [3.8, 4) is 0 Å². The lowest BCUT2D eigenvalue weighted by Gasteiger charge is -2.36. The number of pyridine rings is 1. The molecule has 0 bridgehead atoms.